The van der Waals surface area contributed by atoms with Gasteiger partial charge in [0.25, 0.3) is 0 Å². The molecule has 0 saturated carbocycles. The van der Waals surface area contributed by atoms with E-state index in [0.717, 1.165) is 30.9 Å². The Balaban J connectivity index is 2.04. The van der Waals surface area contributed by atoms with E-state index in [2.05, 4.69) is 18.7 Å². The van der Waals surface area contributed by atoms with Gasteiger partial charge in [0, 0.05) is 30.3 Å². The summed E-state index contributed by atoms with van der Waals surface area (Å²) in [5.41, 5.74) is 7.68. The van der Waals surface area contributed by atoms with Crippen LogP contribution in [0.2, 0.25) is 5.02 Å². The normalized spacial score (nSPS) is 26.1. The summed E-state index contributed by atoms with van der Waals surface area (Å²) in [6.07, 6.45) is 0.575. The standard InChI is InChI=1S/C13H19ClN2O/c1-9-6-16(7-10(2)17-9)8-11-3-12(14)5-13(15)4-11/h3-5,9-10H,6-8,15H2,1-2H3/t9-,10+. The maximum atomic E-state index is 6.00. The summed E-state index contributed by atoms with van der Waals surface area (Å²) in [6, 6.07) is 5.73. The van der Waals surface area contributed by atoms with E-state index in [1.807, 2.05) is 12.1 Å². The molecular weight excluding hydrogens is 236 g/mol. The molecule has 0 aliphatic carbocycles. The largest absolute Gasteiger partial charge is 0.399 e. The quantitative estimate of drug-likeness (QED) is 0.825. The zero-order valence-corrected chi connectivity index (χ0v) is 11.1. The summed E-state index contributed by atoms with van der Waals surface area (Å²) in [4.78, 5) is 2.38. The van der Waals surface area contributed by atoms with E-state index in [-0.39, 0.29) is 12.2 Å². The predicted molar refractivity (Wildman–Crippen MR) is 71.2 cm³/mol. The van der Waals surface area contributed by atoms with Crippen molar-refractivity contribution in [3.05, 3.63) is 28.8 Å². The Bertz CT molecular complexity index is 367. The fourth-order valence-electron chi connectivity index (χ4n) is 2.44. The molecule has 1 aliphatic heterocycles. The molecule has 94 valence electrons. The third kappa shape index (κ3) is 3.60. The Morgan fingerprint density at radius 3 is 2.53 bits per heavy atom. The lowest BCUT2D eigenvalue weighted by Crippen LogP contribution is -2.44. The van der Waals surface area contributed by atoms with Crippen LogP contribution in [0.3, 0.4) is 0 Å². The lowest BCUT2D eigenvalue weighted by Gasteiger charge is -2.35. The maximum Gasteiger partial charge on any atom is 0.0678 e. The van der Waals surface area contributed by atoms with E-state index in [0.29, 0.717) is 5.02 Å². The third-order valence-corrected chi connectivity index (χ3v) is 3.10. The van der Waals surface area contributed by atoms with Gasteiger partial charge in [-0.05, 0) is 37.6 Å². The third-order valence-electron chi connectivity index (χ3n) is 2.88. The minimum atomic E-state index is 0.287. The molecule has 0 aromatic heterocycles. The number of benzene rings is 1. The Labute approximate surface area is 107 Å². The van der Waals surface area contributed by atoms with E-state index in [1.165, 1.54) is 0 Å². The second-order valence-corrected chi connectivity index (χ2v) is 5.28. The van der Waals surface area contributed by atoms with Crippen molar-refractivity contribution in [2.24, 2.45) is 0 Å². The molecule has 1 aliphatic rings. The van der Waals surface area contributed by atoms with Gasteiger partial charge >= 0.3 is 0 Å². The van der Waals surface area contributed by atoms with Crippen molar-refractivity contribution in [2.45, 2.75) is 32.6 Å². The topological polar surface area (TPSA) is 38.5 Å². The lowest BCUT2D eigenvalue weighted by atomic mass is 10.1. The lowest BCUT2D eigenvalue weighted by molar-refractivity contribution is -0.0704. The van der Waals surface area contributed by atoms with Gasteiger partial charge in [-0.1, -0.05) is 11.6 Å². The second kappa shape index (κ2) is 5.25. The summed E-state index contributed by atoms with van der Waals surface area (Å²) < 4.78 is 5.71. The highest BCUT2D eigenvalue weighted by Crippen LogP contribution is 2.20. The van der Waals surface area contributed by atoms with Crippen LogP contribution in [0.4, 0.5) is 5.69 Å². The summed E-state index contributed by atoms with van der Waals surface area (Å²) in [6.45, 7) is 7.00. The average molecular weight is 255 g/mol. The maximum absolute atomic E-state index is 6.00. The molecule has 1 aromatic rings. The van der Waals surface area contributed by atoms with Crippen molar-refractivity contribution < 1.29 is 4.74 Å². The number of hydrogen-bond acceptors (Lipinski definition) is 3. The van der Waals surface area contributed by atoms with E-state index < -0.39 is 0 Å². The van der Waals surface area contributed by atoms with Crippen LogP contribution >= 0.6 is 11.6 Å². The number of anilines is 1. The molecule has 1 heterocycles. The van der Waals surface area contributed by atoms with Gasteiger partial charge in [0.05, 0.1) is 12.2 Å². The molecule has 0 spiro atoms. The van der Waals surface area contributed by atoms with Crippen LogP contribution in [0.1, 0.15) is 19.4 Å². The molecule has 0 radical (unpaired) electrons. The van der Waals surface area contributed by atoms with E-state index in [9.17, 15) is 0 Å². The molecule has 4 heteroatoms. The van der Waals surface area contributed by atoms with Crippen molar-refractivity contribution in [3.63, 3.8) is 0 Å². The summed E-state index contributed by atoms with van der Waals surface area (Å²) >= 11 is 6.00. The molecule has 2 rings (SSSR count). The van der Waals surface area contributed by atoms with Gasteiger partial charge in [0.1, 0.15) is 0 Å². The van der Waals surface area contributed by atoms with Crippen LogP contribution in [-0.4, -0.2) is 30.2 Å². The van der Waals surface area contributed by atoms with Crippen molar-refractivity contribution in [3.8, 4) is 0 Å². The zero-order valence-electron chi connectivity index (χ0n) is 10.3. The van der Waals surface area contributed by atoms with Gasteiger partial charge in [0.2, 0.25) is 0 Å². The van der Waals surface area contributed by atoms with Crippen LogP contribution in [0.5, 0.6) is 0 Å². The van der Waals surface area contributed by atoms with Crippen LogP contribution in [-0.2, 0) is 11.3 Å². The smallest absolute Gasteiger partial charge is 0.0678 e. The number of halogens is 1. The van der Waals surface area contributed by atoms with Crippen LogP contribution in [0.25, 0.3) is 0 Å². The first-order valence-electron chi connectivity index (χ1n) is 5.95. The number of nitrogens with two attached hydrogens (primary N) is 1. The highest BCUT2D eigenvalue weighted by atomic mass is 35.5. The Morgan fingerprint density at radius 1 is 1.29 bits per heavy atom. The first-order chi connectivity index (χ1) is 8.02. The number of morpholine rings is 1. The van der Waals surface area contributed by atoms with E-state index >= 15 is 0 Å². The average Bonchev–Trinajstić information content (AvgIpc) is 2.13. The van der Waals surface area contributed by atoms with Gasteiger partial charge in [-0.3, -0.25) is 4.90 Å². The van der Waals surface area contributed by atoms with Gasteiger partial charge in [-0.15, -0.1) is 0 Å². The molecule has 0 bridgehead atoms. The number of nitrogen functional groups attached to an aromatic ring is 1. The molecule has 3 nitrogen and oxygen atoms in total. The molecule has 1 fully saturated rings. The number of hydrogen-bond donors (Lipinski definition) is 1. The Hall–Kier alpha value is -0.770. The van der Waals surface area contributed by atoms with Crippen molar-refractivity contribution in [1.82, 2.24) is 4.90 Å². The second-order valence-electron chi connectivity index (χ2n) is 4.84. The molecule has 2 atom stereocenters. The number of rotatable bonds is 2. The van der Waals surface area contributed by atoms with Gasteiger partial charge < -0.3 is 10.5 Å². The minimum Gasteiger partial charge on any atom is -0.399 e. The highest BCUT2D eigenvalue weighted by Gasteiger charge is 2.22. The van der Waals surface area contributed by atoms with Crippen molar-refractivity contribution >= 4 is 17.3 Å². The molecule has 0 amide bonds. The van der Waals surface area contributed by atoms with E-state index in [1.54, 1.807) is 6.07 Å². The van der Waals surface area contributed by atoms with Crippen molar-refractivity contribution in [2.75, 3.05) is 18.8 Å². The molecular formula is C13H19ClN2O. The fraction of sp³-hybridized carbons (Fsp3) is 0.538. The highest BCUT2D eigenvalue weighted by molar-refractivity contribution is 6.30. The first kappa shape index (κ1) is 12.7. The first-order valence-corrected chi connectivity index (χ1v) is 6.33. The van der Waals surface area contributed by atoms with Gasteiger partial charge in [-0.25, -0.2) is 0 Å². The van der Waals surface area contributed by atoms with Gasteiger partial charge in [0.15, 0.2) is 0 Å². The summed E-state index contributed by atoms with van der Waals surface area (Å²) in [5.74, 6) is 0. The zero-order chi connectivity index (χ0) is 12.4. The summed E-state index contributed by atoms with van der Waals surface area (Å²) in [5, 5.41) is 0.703. The number of nitrogens with zero attached hydrogens (tertiary/aromatic N) is 1. The van der Waals surface area contributed by atoms with Crippen LogP contribution in [0, 0.1) is 0 Å². The molecule has 1 aromatic carbocycles. The fourth-order valence-corrected chi connectivity index (χ4v) is 2.70. The molecule has 2 N–H and O–H groups in total. The molecule has 1 saturated heterocycles. The number of ether oxygens (including phenoxy) is 1. The van der Waals surface area contributed by atoms with E-state index in [4.69, 9.17) is 22.1 Å². The van der Waals surface area contributed by atoms with Gasteiger partial charge in [-0.2, -0.15) is 0 Å². The Kier molecular flexibility index (Phi) is 3.92. The van der Waals surface area contributed by atoms with Crippen molar-refractivity contribution in [1.29, 1.82) is 0 Å². The van der Waals surface area contributed by atoms with Crippen LogP contribution < -0.4 is 5.73 Å². The summed E-state index contributed by atoms with van der Waals surface area (Å²) in [7, 11) is 0. The van der Waals surface area contributed by atoms with Crippen LogP contribution in [0.15, 0.2) is 18.2 Å². The molecule has 17 heavy (non-hydrogen) atoms. The SMILES string of the molecule is C[C@@H]1CN(Cc2cc(N)cc(Cl)c2)C[C@H](C)O1. The monoisotopic (exact) mass is 254 g/mol. The Morgan fingerprint density at radius 2 is 1.94 bits per heavy atom. The predicted octanol–water partition coefficient (Wildman–Crippen LogP) is 2.53. The minimum absolute atomic E-state index is 0.287. The molecule has 0 unspecified atom stereocenters.